The second-order valence-corrected chi connectivity index (χ2v) is 4.43. The number of ether oxygens (including phenoxy) is 1. The highest BCUT2D eigenvalue weighted by atomic mass is 35.5. The minimum Gasteiger partial charge on any atom is -0.374 e. The Morgan fingerprint density at radius 3 is 2.57 bits per heavy atom. The molecule has 1 saturated heterocycles. The zero-order valence-electron chi connectivity index (χ0n) is 9.50. The summed E-state index contributed by atoms with van der Waals surface area (Å²) in [5, 5.41) is 0. The molecule has 0 N–H and O–H groups in total. The van der Waals surface area contributed by atoms with Crippen LogP contribution >= 0.6 is 11.6 Å². The van der Waals surface area contributed by atoms with E-state index in [-0.39, 0.29) is 6.10 Å². The van der Waals surface area contributed by atoms with Gasteiger partial charge in [-0.15, -0.1) is 11.6 Å². The molecule has 2 nitrogen and oxygen atoms in total. The maximum Gasteiger partial charge on any atom is 0.0838 e. The second kappa shape index (κ2) is 5.94. The van der Waals surface area contributed by atoms with Crippen molar-refractivity contribution >= 4 is 11.6 Å². The summed E-state index contributed by atoms with van der Waals surface area (Å²) < 4.78 is 5.64. The summed E-state index contributed by atoms with van der Waals surface area (Å²) in [6, 6.07) is 1.24. The largest absolute Gasteiger partial charge is 0.374 e. The summed E-state index contributed by atoms with van der Waals surface area (Å²) in [5.74, 6) is 0.614. The molecule has 1 aliphatic rings. The van der Waals surface area contributed by atoms with E-state index in [1.807, 2.05) is 0 Å². The molecule has 84 valence electrons. The number of halogens is 1. The average Bonchev–Trinajstić information content (AvgIpc) is 2.22. The van der Waals surface area contributed by atoms with Gasteiger partial charge >= 0.3 is 0 Å². The number of morpholine rings is 1. The van der Waals surface area contributed by atoms with E-state index in [1.165, 1.54) is 12.8 Å². The molecule has 14 heavy (non-hydrogen) atoms. The van der Waals surface area contributed by atoms with Crippen molar-refractivity contribution in [3.63, 3.8) is 0 Å². The lowest BCUT2D eigenvalue weighted by Gasteiger charge is -2.42. The van der Waals surface area contributed by atoms with E-state index >= 15 is 0 Å². The fraction of sp³-hybridized carbons (Fsp3) is 1.00. The van der Waals surface area contributed by atoms with Gasteiger partial charge in [0.15, 0.2) is 0 Å². The average molecular weight is 220 g/mol. The number of alkyl halides is 1. The molecular weight excluding hydrogens is 198 g/mol. The van der Waals surface area contributed by atoms with Crippen molar-refractivity contribution in [1.29, 1.82) is 0 Å². The van der Waals surface area contributed by atoms with Crippen LogP contribution in [0.5, 0.6) is 0 Å². The lowest BCUT2D eigenvalue weighted by atomic mass is 10.1. The van der Waals surface area contributed by atoms with Crippen LogP contribution in [0.25, 0.3) is 0 Å². The highest BCUT2D eigenvalue weighted by Gasteiger charge is 2.29. The lowest BCUT2D eigenvalue weighted by Crippen LogP contribution is -2.53. The molecule has 0 amide bonds. The summed E-state index contributed by atoms with van der Waals surface area (Å²) in [7, 11) is 0. The highest BCUT2D eigenvalue weighted by molar-refractivity contribution is 6.18. The lowest BCUT2D eigenvalue weighted by molar-refractivity contribution is -0.0655. The van der Waals surface area contributed by atoms with Gasteiger partial charge in [0.25, 0.3) is 0 Å². The van der Waals surface area contributed by atoms with Gasteiger partial charge in [0, 0.05) is 24.5 Å². The van der Waals surface area contributed by atoms with E-state index in [9.17, 15) is 0 Å². The fourth-order valence-electron chi connectivity index (χ4n) is 2.20. The third-order valence-corrected chi connectivity index (χ3v) is 3.48. The van der Waals surface area contributed by atoms with E-state index < -0.39 is 0 Å². The van der Waals surface area contributed by atoms with Crippen molar-refractivity contribution < 1.29 is 4.74 Å². The molecule has 1 fully saturated rings. The van der Waals surface area contributed by atoms with Crippen LogP contribution in [0.4, 0.5) is 0 Å². The molecule has 2 atom stereocenters. The molecule has 2 unspecified atom stereocenters. The first-order valence-electron chi connectivity index (χ1n) is 5.66. The number of hydrogen-bond acceptors (Lipinski definition) is 2. The molecule has 0 bridgehead atoms. The summed E-state index contributed by atoms with van der Waals surface area (Å²) in [6.45, 7) is 8.58. The summed E-state index contributed by atoms with van der Waals surface area (Å²) in [4.78, 5) is 2.55. The standard InChI is InChI=1S/C11H22ClNO/c1-4-10(5-2)13-7-11(6-12)14-8-9(13)3/h9-11H,4-8H2,1-3H3. The predicted molar refractivity (Wildman–Crippen MR) is 61.0 cm³/mol. The Kier molecular flexibility index (Phi) is 5.21. The highest BCUT2D eigenvalue weighted by Crippen LogP contribution is 2.19. The first-order chi connectivity index (χ1) is 6.72. The van der Waals surface area contributed by atoms with Crippen LogP contribution in [0, 0.1) is 0 Å². The molecule has 0 aromatic heterocycles. The molecule has 1 heterocycles. The van der Waals surface area contributed by atoms with Crippen LogP contribution in [-0.2, 0) is 4.74 Å². The van der Waals surface area contributed by atoms with E-state index in [0.717, 1.165) is 13.2 Å². The van der Waals surface area contributed by atoms with E-state index in [2.05, 4.69) is 25.7 Å². The Bertz CT molecular complexity index is 161. The zero-order chi connectivity index (χ0) is 10.6. The van der Waals surface area contributed by atoms with Gasteiger partial charge in [0.2, 0.25) is 0 Å². The second-order valence-electron chi connectivity index (χ2n) is 4.13. The van der Waals surface area contributed by atoms with Crippen molar-refractivity contribution in [2.45, 2.75) is 51.8 Å². The van der Waals surface area contributed by atoms with Gasteiger partial charge < -0.3 is 4.74 Å². The molecular formula is C11H22ClNO. The quantitative estimate of drug-likeness (QED) is 0.674. The van der Waals surface area contributed by atoms with Crippen molar-refractivity contribution in [1.82, 2.24) is 4.90 Å². The fourth-order valence-corrected chi connectivity index (χ4v) is 2.39. The van der Waals surface area contributed by atoms with Gasteiger partial charge in [-0.1, -0.05) is 13.8 Å². The Morgan fingerprint density at radius 1 is 1.43 bits per heavy atom. The smallest absolute Gasteiger partial charge is 0.0838 e. The van der Waals surface area contributed by atoms with Crippen LogP contribution in [0.1, 0.15) is 33.6 Å². The summed E-state index contributed by atoms with van der Waals surface area (Å²) in [5.41, 5.74) is 0. The third kappa shape index (κ3) is 2.85. The molecule has 0 saturated carbocycles. The Morgan fingerprint density at radius 2 is 2.07 bits per heavy atom. The van der Waals surface area contributed by atoms with Gasteiger partial charge in [-0.05, 0) is 19.8 Å². The van der Waals surface area contributed by atoms with E-state index in [4.69, 9.17) is 16.3 Å². The van der Waals surface area contributed by atoms with E-state index in [0.29, 0.717) is 18.0 Å². The SMILES string of the molecule is CCC(CC)N1CC(CCl)OCC1C. The molecule has 0 aliphatic carbocycles. The third-order valence-electron chi connectivity index (χ3n) is 3.14. The van der Waals surface area contributed by atoms with Gasteiger partial charge in [0.1, 0.15) is 0 Å². The number of hydrogen-bond donors (Lipinski definition) is 0. The maximum atomic E-state index is 5.83. The van der Waals surface area contributed by atoms with E-state index in [1.54, 1.807) is 0 Å². The van der Waals surface area contributed by atoms with Crippen LogP contribution in [0.2, 0.25) is 0 Å². The molecule has 1 aliphatic heterocycles. The minimum atomic E-state index is 0.230. The first-order valence-corrected chi connectivity index (χ1v) is 6.19. The van der Waals surface area contributed by atoms with Crippen LogP contribution in [0.15, 0.2) is 0 Å². The Labute approximate surface area is 92.6 Å². The molecule has 3 heteroatoms. The number of nitrogens with zero attached hydrogens (tertiary/aromatic N) is 1. The zero-order valence-corrected chi connectivity index (χ0v) is 10.3. The minimum absolute atomic E-state index is 0.230. The molecule has 0 spiro atoms. The topological polar surface area (TPSA) is 12.5 Å². The van der Waals surface area contributed by atoms with Gasteiger partial charge in [-0.3, -0.25) is 4.90 Å². The Balaban J connectivity index is 2.54. The predicted octanol–water partition coefficient (Wildman–Crippen LogP) is 2.50. The maximum absolute atomic E-state index is 5.83. The van der Waals surface area contributed by atoms with Crippen LogP contribution in [0.3, 0.4) is 0 Å². The molecule has 0 aromatic rings. The molecule has 1 rings (SSSR count). The number of rotatable bonds is 4. The molecule has 0 aromatic carbocycles. The van der Waals surface area contributed by atoms with Gasteiger partial charge in [-0.2, -0.15) is 0 Å². The monoisotopic (exact) mass is 219 g/mol. The van der Waals surface area contributed by atoms with Crippen LogP contribution in [-0.4, -0.2) is 42.1 Å². The van der Waals surface area contributed by atoms with Gasteiger partial charge in [0.05, 0.1) is 12.7 Å². The van der Waals surface area contributed by atoms with Crippen molar-refractivity contribution in [2.24, 2.45) is 0 Å². The van der Waals surface area contributed by atoms with Crippen molar-refractivity contribution in [2.75, 3.05) is 19.0 Å². The summed E-state index contributed by atoms with van der Waals surface area (Å²) >= 11 is 5.83. The first kappa shape index (κ1) is 12.3. The normalized spacial score (nSPS) is 29.8. The van der Waals surface area contributed by atoms with Gasteiger partial charge in [-0.25, -0.2) is 0 Å². The van der Waals surface area contributed by atoms with Crippen LogP contribution < -0.4 is 0 Å². The molecule has 0 radical (unpaired) electrons. The van der Waals surface area contributed by atoms with Crippen molar-refractivity contribution in [3.05, 3.63) is 0 Å². The Hall–Kier alpha value is 0.210. The van der Waals surface area contributed by atoms with Crippen molar-refractivity contribution in [3.8, 4) is 0 Å². The summed E-state index contributed by atoms with van der Waals surface area (Å²) in [6.07, 6.45) is 2.67.